The molecule has 134 valence electrons. The molecule has 0 bridgehead atoms. The Labute approximate surface area is 155 Å². The number of nitrogens with zero attached hydrogens (tertiary/aromatic N) is 2. The van der Waals surface area contributed by atoms with Crippen molar-refractivity contribution >= 4 is 28.5 Å². The summed E-state index contributed by atoms with van der Waals surface area (Å²) in [5, 5.41) is 13.3. The number of benzene rings is 1. The number of nitrogens with one attached hydrogen (secondary N) is 2. The number of carbonyl (C=O) groups excluding carboxylic acids is 1. The van der Waals surface area contributed by atoms with Crippen LogP contribution in [0.3, 0.4) is 0 Å². The highest BCUT2D eigenvalue weighted by atomic mass is 35.5. The second-order valence-electron chi connectivity index (χ2n) is 6.71. The van der Waals surface area contributed by atoms with E-state index >= 15 is 0 Å². The molecule has 0 radical (unpaired) electrons. The van der Waals surface area contributed by atoms with Gasteiger partial charge >= 0.3 is 0 Å². The number of halogens is 1. The molecular formula is C19H19ClN4O2. The molecule has 1 amide bonds. The van der Waals surface area contributed by atoms with Crippen molar-refractivity contribution in [2.75, 3.05) is 0 Å². The van der Waals surface area contributed by atoms with Gasteiger partial charge in [-0.25, -0.2) is 4.98 Å². The first-order valence-corrected chi connectivity index (χ1v) is 8.99. The van der Waals surface area contributed by atoms with E-state index in [-0.39, 0.29) is 30.4 Å². The molecular weight excluding hydrogens is 352 g/mol. The van der Waals surface area contributed by atoms with Crippen LogP contribution >= 0.6 is 11.6 Å². The molecule has 1 fully saturated rings. The smallest absolute Gasteiger partial charge is 0.228 e. The number of aromatic nitrogens is 3. The summed E-state index contributed by atoms with van der Waals surface area (Å²) in [5.74, 6) is 0.652. The maximum absolute atomic E-state index is 12.6. The summed E-state index contributed by atoms with van der Waals surface area (Å²) in [6.45, 7) is 0. The number of aliphatic hydroxyl groups excluding tert-OH is 1. The van der Waals surface area contributed by atoms with Crippen molar-refractivity contribution in [1.82, 2.24) is 20.3 Å². The van der Waals surface area contributed by atoms with Crippen LogP contribution in [-0.4, -0.2) is 32.1 Å². The molecule has 7 heteroatoms. The van der Waals surface area contributed by atoms with Gasteiger partial charge in [0.25, 0.3) is 0 Å². The number of H-pyrrole nitrogens is 1. The minimum absolute atomic E-state index is 0.132. The molecule has 3 N–H and O–H groups in total. The lowest BCUT2D eigenvalue weighted by Gasteiger charge is -2.37. The van der Waals surface area contributed by atoms with Crippen LogP contribution in [0.5, 0.6) is 0 Å². The summed E-state index contributed by atoms with van der Waals surface area (Å²) in [5.41, 5.74) is 2.40. The van der Waals surface area contributed by atoms with Crippen LogP contribution in [0.25, 0.3) is 11.0 Å². The number of aliphatic hydroxyl groups is 1. The summed E-state index contributed by atoms with van der Waals surface area (Å²) in [6.07, 6.45) is 2.91. The van der Waals surface area contributed by atoms with E-state index in [9.17, 15) is 9.90 Å². The van der Waals surface area contributed by atoms with E-state index in [1.165, 1.54) is 0 Å². The number of pyridine rings is 1. The predicted molar refractivity (Wildman–Crippen MR) is 98.7 cm³/mol. The molecule has 1 aromatic carbocycles. The van der Waals surface area contributed by atoms with Gasteiger partial charge in [-0.1, -0.05) is 17.7 Å². The van der Waals surface area contributed by atoms with Crippen LogP contribution in [0.2, 0.25) is 5.02 Å². The van der Waals surface area contributed by atoms with E-state index in [4.69, 9.17) is 11.6 Å². The largest absolute Gasteiger partial charge is 0.393 e. The van der Waals surface area contributed by atoms with Gasteiger partial charge in [0, 0.05) is 11.2 Å². The molecule has 0 unspecified atom stereocenters. The average Bonchev–Trinajstić information content (AvgIpc) is 2.99. The lowest BCUT2D eigenvalue weighted by molar-refractivity contribution is -0.122. The molecule has 4 rings (SSSR count). The van der Waals surface area contributed by atoms with E-state index in [2.05, 4.69) is 20.3 Å². The van der Waals surface area contributed by atoms with Crippen molar-refractivity contribution in [3.05, 3.63) is 59.1 Å². The number of carbonyl (C=O) groups is 1. The molecule has 6 nitrogen and oxygen atoms in total. The first-order chi connectivity index (χ1) is 12.6. The van der Waals surface area contributed by atoms with Gasteiger partial charge in [-0.3, -0.25) is 9.78 Å². The quantitative estimate of drug-likeness (QED) is 0.644. The third-order valence-corrected chi connectivity index (χ3v) is 5.00. The Balaban J connectivity index is 1.48. The van der Waals surface area contributed by atoms with Gasteiger partial charge in [0.1, 0.15) is 5.82 Å². The lowest BCUT2D eigenvalue weighted by Crippen LogP contribution is -2.42. The highest BCUT2D eigenvalue weighted by Gasteiger charge is 2.36. The predicted octanol–water partition coefficient (Wildman–Crippen LogP) is 2.78. The number of imidazole rings is 1. The first-order valence-electron chi connectivity index (χ1n) is 8.61. The van der Waals surface area contributed by atoms with Crippen molar-refractivity contribution in [1.29, 1.82) is 0 Å². The molecule has 0 aliphatic heterocycles. The number of fused-ring (bicyclic) bond motifs is 1. The fraction of sp³-hybridized carbons (Fsp3) is 0.316. The van der Waals surface area contributed by atoms with Crippen LogP contribution in [0.4, 0.5) is 0 Å². The Morgan fingerprint density at radius 3 is 2.92 bits per heavy atom. The Bertz CT molecular complexity index is 922. The zero-order chi connectivity index (χ0) is 18.1. The fourth-order valence-corrected chi connectivity index (χ4v) is 3.56. The SMILES string of the molecule is O=C(Cc1nc2ccc(Cl)cc2[nH]1)N[C@H](c1ccccn1)C1CC(O)C1. The number of hydrogen-bond acceptors (Lipinski definition) is 4. The Morgan fingerprint density at radius 2 is 2.19 bits per heavy atom. The summed E-state index contributed by atoms with van der Waals surface area (Å²) in [7, 11) is 0. The van der Waals surface area contributed by atoms with Gasteiger partial charge in [-0.2, -0.15) is 0 Å². The topological polar surface area (TPSA) is 90.9 Å². The number of hydrogen-bond donors (Lipinski definition) is 3. The first kappa shape index (κ1) is 17.0. The monoisotopic (exact) mass is 370 g/mol. The van der Waals surface area contributed by atoms with E-state index in [0.717, 1.165) is 16.7 Å². The van der Waals surface area contributed by atoms with Crippen LogP contribution in [0.1, 0.15) is 30.4 Å². The summed E-state index contributed by atoms with van der Waals surface area (Å²) < 4.78 is 0. The zero-order valence-corrected chi connectivity index (χ0v) is 14.8. The number of aromatic amines is 1. The summed E-state index contributed by atoms with van der Waals surface area (Å²) >= 11 is 5.98. The van der Waals surface area contributed by atoms with Gasteiger partial charge in [0.05, 0.1) is 35.3 Å². The standard InChI is InChI=1S/C19H19ClN4O2/c20-12-4-5-14-16(9-12)23-17(22-14)10-18(26)24-19(11-7-13(25)8-11)15-3-1-2-6-21-15/h1-6,9,11,13,19,25H,7-8,10H2,(H,22,23)(H,24,26)/t11?,13?,19-/m0/s1. The van der Waals surface area contributed by atoms with Gasteiger partial charge in [0.15, 0.2) is 0 Å². The van der Waals surface area contributed by atoms with E-state index < -0.39 is 0 Å². The Kier molecular flexibility index (Phi) is 4.61. The molecule has 2 aromatic heterocycles. The molecule has 3 aromatic rings. The maximum Gasteiger partial charge on any atom is 0.228 e. The van der Waals surface area contributed by atoms with Crippen LogP contribution < -0.4 is 5.32 Å². The highest BCUT2D eigenvalue weighted by molar-refractivity contribution is 6.31. The Morgan fingerprint density at radius 1 is 1.35 bits per heavy atom. The molecule has 0 saturated heterocycles. The van der Waals surface area contributed by atoms with E-state index in [1.54, 1.807) is 18.3 Å². The van der Waals surface area contributed by atoms with Crippen molar-refractivity contribution in [2.24, 2.45) is 5.92 Å². The van der Waals surface area contributed by atoms with Crippen LogP contribution in [0, 0.1) is 5.92 Å². The second-order valence-corrected chi connectivity index (χ2v) is 7.14. The third kappa shape index (κ3) is 3.57. The van der Waals surface area contributed by atoms with Crippen molar-refractivity contribution in [2.45, 2.75) is 31.4 Å². The maximum atomic E-state index is 12.6. The van der Waals surface area contributed by atoms with Gasteiger partial charge in [-0.15, -0.1) is 0 Å². The third-order valence-electron chi connectivity index (χ3n) is 4.76. The highest BCUT2D eigenvalue weighted by Crippen LogP contribution is 2.37. The summed E-state index contributed by atoms with van der Waals surface area (Å²) in [4.78, 5) is 24.5. The summed E-state index contributed by atoms with van der Waals surface area (Å²) in [6, 6.07) is 10.8. The van der Waals surface area contributed by atoms with E-state index in [1.807, 2.05) is 24.3 Å². The lowest BCUT2D eigenvalue weighted by atomic mass is 9.76. The molecule has 1 saturated carbocycles. The fourth-order valence-electron chi connectivity index (χ4n) is 3.39. The molecule has 2 heterocycles. The number of amides is 1. The molecule has 26 heavy (non-hydrogen) atoms. The molecule has 0 spiro atoms. The molecule has 1 atom stereocenters. The van der Waals surface area contributed by atoms with Crippen molar-refractivity contribution in [3.8, 4) is 0 Å². The van der Waals surface area contributed by atoms with Gasteiger partial charge in [0.2, 0.25) is 5.91 Å². The zero-order valence-electron chi connectivity index (χ0n) is 14.0. The number of rotatable bonds is 5. The van der Waals surface area contributed by atoms with Crippen LogP contribution in [-0.2, 0) is 11.2 Å². The minimum Gasteiger partial charge on any atom is -0.393 e. The van der Waals surface area contributed by atoms with Crippen LogP contribution in [0.15, 0.2) is 42.6 Å². The normalized spacial score (nSPS) is 20.5. The molecule has 1 aliphatic rings. The van der Waals surface area contributed by atoms with Gasteiger partial charge in [-0.05, 0) is 49.1 Å². The average molecular weight is 371 g/mol. The van der Waals surface area contributed by atoms with Gasteiger partial charge < -0.3 is 15.4 Å². The van der Waals surface area contributed by atoms with Crippen molar-refractivity contribution in [3.63, 3.8) is 0 Å². The second kappa shape index (κ2) is 7.05. The Hall–Kier alpha value is -2.44. The minimum atomic E-state index is -0.289. The van der Waals surface area contributed by atoms with Crippen molar-refractivity contribution < 1.29 is 9.90 Å². The molecule has 1 aliphatic carbocycles. The van der Waals surface area contributed by atoms with E-state index in [0.29, 0.717) is 23.7 Å².